The number of aliphatic hydroxyl groups is 2. The first kappa shape index (κ1) is 13.5. The zero-order valence-electron chi connectivity index (χ0n) is 11.8. The van der Waals surface area contributed by atoms with Gasteiger partial charge in [0.25, 0.3) is 0 Å². The molecule has 3 nitrogen and oxygen atoms in total. The molecule has 2 N–H and O–H groups in total. The Morgan fingerprint density at radius 3 is 2.75 bits per heavy atom. The first-order valence-electron chi connectivity index (χ1n) is 7.34. The minimum Gasteiger partial charge on any atom is -0.387 e. The van der Waals surface area contributed by atoms with Crippen LogP contribution in [-0.4, -0.2) is 20.8 Å². The number of rotatable bonds is 2. The van der Waals surface area contributed by atoms with Gasteiger partial charge < -0.3 is 10.2 Å². The first-order chi connectivity index (χ1) is 9.58. The highest BCUT2D eigenvalue weighted by Crippen LogP contribution is 2.40. The number of hydrogen-bond acceptors (Lipinski definition) is 3. The highest BCUT2D eigenvalue weighted by molar-refractivity contribution is 5.79. The van der Waals surface area contributed by atoms with Gasteiger partial charge in [-0.25, -0.2) is 0 Å². The summed E-state index contributed by atoms with van der Waals surface area (Å²) in [6, 6.07) is 9.57. The number of hydrogen-bond donors (Lipinski definition) is 2. The van der Waals surface area contributed by atoms with Crippen molar-refractivity contribution in [3.05, 3.63) is 42.1 Å². The lowest BCUT2D eigenvalue weighted by atomic mass is 9.75. The van der Waals surface area contributed by atoms with E-state index in [1.807, 2.05) is 30.3 Å². The van der Waals surface area contributed by atoms with Crippen LogP contribution in [0.3, 0.4) is 0 Å². The van der Waals surface area contributed by atoms with Gasteiger partial charge in [0.2, 0.25) is 0 Å². The first-order valence-corrected chi connectivity index (χ1v) is 7.34. The molecule has 1 aliphatic carbocycles. The molecule has 106 valence electrons. The Hall–Kier alpha value is -1.45. The molecule has 1 aromatic heterocycles. The van der Waals surface area contributed by atoms with Crippen LogP contribution in [0.4, 0.5) is 0 Å². The van der Waals surface area contributed by atoms with Crippen molar-refractivity contribution in [1.29, 1.82) is 0 Å². The van der Waals surface area contributed by atoms with E-state index in [1.165, 1.54) is 0 Å². The van der Waals surface area contributed by atoms with E-state index in [-0.39, 0.29) is 0 Å². The van der Waals surface area contributed by atoms with Crippen LogP contribution >= 0.6 is 0 Å². The van der Waals surface area contributed by atoms with Crippen LogP contribution in [-0.2, 0) is 0 Å². The van der Waals surface area contributed by atoms with E-state index in [4.69, 9.17) is 0 Å². The number of aromatic nitrogens is 1. The van der Waals surface area contributed by atoms with Crippen molar-refractivity contribution in [3.8, 4) is 0 Å². The lowest BCUT2D eigenvalue weighted by Gasteiger charge is -2.38. The molecule has 0 spiro atoms. The molecule has 1 aromatic carbocycles. The average Bonchev–Trinajstić information content (AvgIpc) is 2.49. The third-order valence-corrected chi connectivity index (χ3v) is 4.59. The van der Waals surface area contributed by atoms with Gasteiger partial charge in [0.15, 0.2) is 0 Å². The molecule has 0 amide bonds. The molecule has 0 bridgehead atoms. The largest absolute Gasteiger partial charge is 0.387 e. The summed E-state index contributed by atoms with van der Waals surface area (Å²) in [5, 5.41) is 22.3. The van der Waals surface area contributed by atoms with E-state index in [9.17, 15) is 10.2 Å². The van der Waals surface area contributed by atoms with Crippen LogP contribution in [0.1, 0.15) is 44.3 Å². The number of pyridine rings is 1. The second-order valence-electron chi connectivity index (χ2n) is 6.14. The molecule has 1 atom stereocenters. The minimum absolute atomic E-state index is 0.642. The van der Waals surface area contributed by atoms with Crippen molar-refractivity contribution in [3.63, 3.8) is 0 Å². The van der Waals surface area contributed by atoms with Crippen molar-refractivity contribution >= 4 is 10.9 Å². The van der Waals surface area contributed by atoms with Crippen molar-refractivity contribution in [2.24, 2.45) is 5.92 Å². The van der Waals surface area contributed by atoms with Crippen LogP contribution in [0, 0.1) is 5.92 Å². The Kier molecular flexibility index (Phi) is 3.48. The molecular weight excluding hydrogens is 250 g/mol. The van der Waals surface area contributed by atoms with Gasteiger partial charge >= 0.3 is 0 Å². The number of fused-ring (bicyclic) bond motifs is 1. The van der Waals surface area contributed by atoms with Gasteiger partial charge in [-0.15, -0.1) is 0 Å². The maximum Gasteiger partial charge on any atom is 0.108 e. The zero-order valence-corrected chi connectivity index (χ0v) is 11.8. The average molecular weight is 271 g/mol. The normalized spacial score (nSPS) is 28.4. The van der Waals surface area contributed by atoms with Crippen LogP contribution in [0.15, 0.2) is 36.5 Å². The van der Waals surface area contributed by atoms with E-state index >= 15 is 0 Å². The molecule has 1 unspecified atom stereocenters. The third-order valence-electron chi connectivity index (χ3n) is 4.59. The highest BCUT2D eigenvalue weighted by Gasteiger charge is 2.39. The van der Waals surface area contributed by atoms with Gasteiger partial charge in [-0.05, 0) is 55.4 Å². The van der Waals surface area contributed by atoms with Gasteiger partial charge in [0.1, 0.15) is 6.10 Å². The van der Waals surface area contributed by atoms with Crippen LogP contribution in [0.2, 0.25) is 0 Å². The fourth-order valence-electron chi connectivity index (χ4n) is 3.11. The minimum atomic E-state index is -0.984. The quantitative estimate of drug-likeness (QED) is 0.882. The molecule has 0 radical (unpaired) electrons. The van der Waals surface area contributed by atoms with Gasteiger partial charge in [-0.1, -0.05) is 19.1 Å². The van der Waals surface area contributed by atoms with Gasteiger partial charge in [-0.3, -0.25) is 4.98 Å². The van der Waals surface area contributed by atoms with Crippen molar-refractivity contribution in [2.75, 3.05) is 0 Å². The van der Waals surface area contributed by atoms with E-state index in [1.54, 1.807) is 6.20 Å². The van der Waals surface area contributed by atoms with Crippen molar-refractivity contribution in [1.82, 2.24) is 4.98 Å². The Morgan fingerprint density at radius 1 is 1.25 bits per heavy atom. The molecule has 1 saturated carbocycles. The zero-order chi connectivity index (χ0) is 14.2. The second kappa shape index (κ2) is 5.15. The van der Waals surface area contributed by atoms with Crippen LogP contribution in [0.25, 0.3) is 10.9 Å². The summed E-state index contributed by atoms with van der Waals surface area (Å²) in [6.07, 6.45) is 4.22. The smallest absolute Gasteiger partial charge is 0.108 e. The van der Waals surface area contributed by atoms with E-state index in [2.05, 4.69) is 11.9 Å². The summed E-state index contributed by atoms with van der Waals surface area (Å²) in [6.45, 7) is 2.20. The molecule has 0 saturated heterocycles. The Balaban J connectivity index is 1.89. The molecule has 0 aliphatic heterocycles. The number of nitrogens with zero attached hydrogens (tertiary/aromatic N) is 1. The molecule has 1 heterocycles. The predicted octanol–water partition coefficient (Wildman–Crippen LogP) is 3.21. The maximum absolute atomic E-state index is 10.7. The Bertz CT molecular complexity index is 603. The second-order valence-corrected chi connectivity index (χ2v) is 6.14. The van der Waals surface area contributed by atoms with Gasteiger partial charge in [0, 0.05) is 11.6 Å². The standard InChI is InChI=1S/C17H21NO2/c1-12-6-8-17(20,9-7-12)16(19)14-4-5-15-13(11-14)3-2-10-18-15/h2-5,10-12,16,19-20H,6-9H2,1H3. The molecule has 3 heteroatoms. The molecule has 1 fully saturated rings. The lowest BCUT2D eigenvalue weighted by Crippen LogP contribution is -2.39. The summed E-state index contributed by atoms with van der Waals surface area (Å²) in [7, 11) is 0. The molecular formula is C17H21NO2. The summed E-state index contributed by atoms with van der Waals surface area (Å²) in [5.41, 5.74) is 0.706. The Labute approximate surface area is 119 Å². The van der Waals surface area contributed by atoms with Crippen LogP contribution in [0.5, 0.6) is 0 Å². The molecule has 20 heavy (non-hydrogen) atoms. The van der Waals surface area contributed by atoms with Crippen molar-refractivity contribution < 1.29 is 10.2 Å². The summed E-state index contributed by atoms with van der Waals surface area (Å²) < 4.78 is 0. The monoisotopic (exact) mass is 271 g/mol. The summed E-state index contributed by atoms with van der Waals surface area (Å²) in [4.78, 5) is 4.28. The number of benzene rings is 1. The molecule has 1 aliphatic rings. The Morgan fingerprint density at radius 2 is 2.00 bits per heavy atom. The fraction of sp³-hybridized carbons (Fsp3) is 0.471. The molecule has 3 rings (SSSR count). The van der Waals surface area contributed by atoms with Gasteiger partial charge in [0.05, 0.1) is 11.1 Å². The topological polar surface area (TPSA) is 53.4 Å². The predicted molar refractivity (Wildman–Crippen MR) is 79.3 cm³/mol. The van der Waals surface area contributed by atoms with Crippen LogP contribution < -0.4 is 0 Å². The highest BCUT2D eigenvalue weighted by atomic mass is 16.3. The SMILES string of the molecule is CC1CCC(O)(C(O)c2ccc3ncccc3c2)CC1. The maximum atomic E-state index is 10.7. The molecule has 2 aromatic rings. The summed E-state index contributed by atoms with van der Waals surface area (Å²) in [5.74, 6) is 0.642. The van der Waals surface area contributed by atoms with Gasteiger partial charge in [-0.2, -0.15) is 0 Å². The van der Waals surface area contributed by atoms with Crippen molar-refractivity contribution in [2.45, 2.75) is 44.3 Å². The summed E-state index contributed by atoms with van der Waals surface area (Å²) >= 11 is 0. The number of aliphatic hydroxyl groups excluding tert-OH is 1. The third kappa shape index (κ3) is 2.43. The van der Waals surface area contributed by atoms with E-state index in [0.29, 0.717) is 18.8 Å². The van der Waals surface area contributed by atoms with E-state index < -0.39 is 11.7 Å². The van der Waals surface area contributed by atoms with E-state index in [0.717, 1.165) is 29.3 Å². The fourth-order valence-corrected chi connectivity index (χ4v) is 3.11. The lowest BCUT2D eigenvalue weighted by molar-refractivity contribution is -0.105.